The molecule has 0 saturated heterocycles. The number of hydrogen-bond donors (Lipinski definition) is 2. The normalized spacial score (nSPS) is 10.8. The fraction of sp³-hybridized carbons (Fsp3) is 0.273. The predicted octanol–water partition coefficient (Wildman–Crippen LogP) is 0.547. The molecule has 0 unspecified atom stereocenters. The van der Waals surface area contributed by atoms with Gasteiger partial charge in [0.05, 0.1) is 13.7 Å². The van der Waals surface area contributed by atoms with Crippen LogP contribution >= 0.6 is 0 Å². The first-order valence-electron chi connectivity index (χ1n) is 4.73. The highest BCUT2D eigenvalue weighted by Gasteiger charge is 2.15. The van der Waals surface area contributed by atoms with Gasteiger partial charge in [0.1, 0.15) is 17.1 Å². The summed E-state index contributed by atoms with van der Waals surface area (Å²) in [5.74, 6) is -0.863. The highest BCUT2D eigenvalue weighted by molar-refractivity contribution is 5.85. The molecule has 6 nitrogen and oxygen atoms in total. The van der Waals surface area contributed by atoms with Crippen LogP contribution in [-0.2, 0) is 11.4 Å². The Kier molecular flexibility index (Phi) is 4.06. The van der Waals surface area contributed by atoms with Gasteiger partial charge in [0.2, 0.25) is 0 Å². The summed E-state index contributed by atoms with van der Waals surface area (Å²) in [6, 6.07) is 0. The average molecular weight is 240 g/mol. The van der Waals surface area contributed by atoms with Crippen molar-refractivity contribution >= 4 is 12.0 Å². The van der Waals surface area contributed by atoms with Crippen LogP contribution in [0.4, 0.5) is 0 Å². The van der Waals surface area contributed by atoms with Crippen LogP contribution in [0, 0.1) is 6.92 Å². The number of carbonyl (C=O) groups is 1. The van der Waals surface area contributed by atoms with Crippen molar-refractivity contribution in [1.82, 2.24) is 0 Å². The Morgan fingerprint density at radius 1 is 1.53 bits per heavy atom. The number of hydrogen-bond acceptors (Lipinski definition) is 5. The first-order valence-corrected chi connectivity index (χ1v) is 4.73. The molecular weight excluding hydrogens is 228 g/mol. The molecule has 2 N–H and O–H groups in total. The van der Waals surface area contributed by atoms with Crippen molar-refractivity contribution in [1.29, 1.82) is 0 Å². The Balaban J connectivity index is 3.40. The van der Waals surface area contributed by atoms with Crippen LogP contribution in [0.15, 0.2) is 15.3 Å². The lowest BCUT2D eigenvalue weighted by atomic mass is 10.1. The topological polar surface area (TPSA) is 97.0 Å². The van der Waals surface area contributed by atoms with Gasteiger partial charge in [0.25, 0.3) is 0 Å². The monoisotopic (exact) mass is 240 g/mol. The fourth-order valence-corrected chi connectivity index (χ4v) is 1.39. The summed E-state index contributed by atoms with van der Waals surface area (Å²) in [4.78, 5) is 21.8. The zero-order valence-corrected chi connectivity index (χ0v) is 9.39. The van der Waals surface area contributed by atoms with Crippen LogP contribution in [-0.4, -0.2) is 23.3 Å². The molecule has 0 fully saturated rings. The van der Waals surface area contributed by atoms with E-state index in [1.165, 1.54) is 7.11 Å². The molecule has 0 atom stereocenters. The first-order chi connectivity index (χ1) is 8.01. The minimum atomic E-state index is -1.16. The van der Waals surface area contributed by atoms with Gasteiger partial charge in [-0.15, -0.1) is 0 Å². The molecule has 0 amide bonds. The van der Waals surface area contributed by atoms with E-state index in [9.17, 15) is 9.59 Å². The lowest BCUT2D eigenvalue weighted by Gasteiger charge is -2.09. The molecule has 92 valence electrons. The molecule has 1 aromatic rings. The Morgan fingerprint density at radius 2 is 2.18 bits per heavy atom. The second kappa shape index (κ2) is 5.31. The van der Waals surface area contributed by atoms with Crippen LogP contribution in [0.5, 0.6) is 5.75 Å². The van der Waals surface area contributed by atoms with E-state index < -0.39 is 18.2 Å². The third-order valence-electron chi connectivity index (χ3n) is 2.17. The number of ether oxygens (including phenoxy) is 1. The number of aliphatic hydroxyl groups excluding tert-OH is 1. The van der Waals surface area contributed by atoms with E-state index in [0.29, 0.717) is 5.56 Å². The van der Waals surface area contributed by atoms with Crippen molar-refractivity contribution in [3.63, 3.8) is 0 Å². The molecule has 0 saturated carbocycles. The van der Waals surface area contributed by atoms with Crippen molar-refractivity contribution in [3.8, 4) is 5.75 Å². The molecule has 0 radical (unpaired) electrons. The number of rotatable bonds is 4. The van der Waals surface area contributed by atoms with Crippen LogP contribution in [0.2, 0.25) is 0 Å². The van der Waals surface area contributed by atoms with Gasteiger partial charge in [-0.05, 0) is 13.0 Å². The van der Waals surface area contributed by atoms with E-state index in [1.807, 2.05) is 0 Å². The van der Waals surface area contributed by atoms with Crippen LogP contribution in [0.3, 0.4) is 0 Å². The SMILES string of the molecule is COc1c(C)c(/C=C/C(=O)O)oc(=O)c1CO. The molecule has 1 rings (SSSR count). The smallest absolute Gasteiger partial charge is 0.345 e. The van der Waals surface area contributed by atoms with Gasteiger partial charge in [0.15, 0.2) is 0 Å². The van der Waals surface area contributed by atoms with E-state index in [-0.39, 0.29) is 17.1 Å². The summed E-state index contributed by atoms with van der Waals surface area (Å²) < 4.78 is 9.87. The standard InChI is InChI=1S/C11H12O6/c1-6-8(3-4-9(13)14)17-11(15)7(5-12)10(6)16-2/h3-4,12H,5H2,1-2H3,(H,13,14)/b4-3+. The lowest BCUT2D eigenvalue weighted by molar-refractivity contribution is -0.131. The van der Waals surface area contributed by atoms with E-state index in [2.05, 4.69) is 0 Å². The van der Waals surface area contributed by atoms with E-state index in [1.54, 1.807) is 6.92 Å². The zero-order valence-electron chi connectivity index (χ0n) is 9.39. The summed E-state index contributed by atoms with van der Waals surface area (Å²) >= 11 is 0. The maximum Gasteiger partial charge on any atom is 0.345 e. The van der Waals surface area contributed by atoms with Crippen molar-refractivity contribution in [2.24, 2.45) is 0 Å². The summed E-state index contributed by atoms with van der Waals surface area (Å²) in [5.41, 5.74) is -0.286. The van der Waals surface area contributed by atoms with Gasteiger partial charge in [-0.1, -0.05) is 0 Å². The number of carboxylic acid groups (broad SMARTS) is 1. The number of carboxylic acids is 1. The van der Waals surface area contributed by atoms with Gasteiger partial charge in [-0.3, -0.25) is 0 Å². The molecule has 1 heterocycles. The molecule has 0 aliphatic heterocycles. The average Bonchev–Trinajstić information content (AvgIpc) is 2.28. The molecule has 0 aliphatic rings. The highest BCUT2D eigenvalue weighted by Crippen LogP contribution is 2.24. The third-order valence-corrected chi connectivity index (χ3v) is 2.17. The van der Waals surface area contributed by atoms with E-state index in [4.69, 9.17) is 19.4 Å². The second-order valence-electron chi connectivity index (χ2n) is 3.22. The van der Waals surface area contributed by atoms with Crippen molar-refractivity contribution in [2.75, 3.05) is 7.11 Å². The number of methoxy groups -OCH3 is 1. The first kappa shape index (κ1) is 13.0. The van der Waals surface area contributed by atoms with Gasteiger partial charge >= 0.3 is 11.6 Å². The largest absolute Gasteiger partial charge is 0.496 e. The Labute approximate surface area is 96.8 Å². The van der Waals surface area contributed by atoms with Crippen LogP contribution in [0.25, 0.3) is 6.08 Å². The molecule has 17 heavy (non-hydrogen) atoms. The number of aliphatic hydroxyl groups is 1. The van der Waals surface area contributed by atoms with E-state index in [0.717, 1.165) is 12.2 Å². The number of aliphatic carboxylic acids is 1. The van der Waals surface area contributed by atoms with Gasteiger partial charge in [0, 0.05) is 11.6 Å². The quantitative estimate of drug-likeness (QED) is 0.746. The van der Waals surface area contributed by atoms with E-state index >= 15 is 0 Å². The van der Waals surface area contributed by atoms with Gasteiger partial charge < -0.3 is 19.4 Å². The Morgan fingerprint density at radius 3 is 2.65 bits per heavy atom. The molecule has 0 bridgehead atoms. The lowest BCUT2D eigenvalue weighted by Crippen LogP contribution is -2.12. The molecule has 0 aromatic carbocycles. The van der Waals surface area contributed by atoms with Crippen LogP contribution in [0.1, 0.15) is 16.9 Å². The fourth-order valence-electron chi connectivity index (χ4n) is 1.39. The summed E-state index contributed by atoms with van der Waals surface area (Å²) in [7, 11) is 1.35. The predicted molar refractivity (Wildman–Crippen MR) is 58.9 cm³/mol. The molecule has 0 aliphatic carbocycles. The minimum Gasteiger partial charge on any atom is -0.496 e. The maximum absolute atomic E-state index is 11.5. The molecule has 0 spiro atoms. The minimum absolute atomic E-state index is 0.0116. The maximum atomic E-state index is 11.5. The molecular formula is C11H12O6. The summed E-state index contributed by atoms with van der Waals surface area (Å²) in [6.07, 6.45) is 2.01. The second-order valence-corrected chi connectivity index (χ2v) is 3.22. The van der Waals surface area contributed by atoms with Crippen molar-refractivity contribution in [2.45, 2.75) is 13.5 Å². The van der Waals surface area contributed by atoms with Crippen molar-refractivity contribution in [3.05, 3.63) is 33.4 Å². The van der Waals surface area contributed by atoms with Crippen molar-refractivity contribution < 1.29 is 24.2 Å². The molecule has 1 aromatic heterocycles. The highest BCUT2D eigenvalue weighted by atomic mass is 16.5. The van der Waals surface area contributed by atoms with Gasteiger partial charge in [-0.25, -0.2) is 9.59 Å². The molecule has 6 heteroatoms. The van der Waals surface area contributed by atoms with Gasteiger partial charge in [-0.2, -0.15) is 0 Å². The third kappa shape index (κ3) is 2.73. The zero-order chi connectivity index (χ0) is 13.0. The Bertz CT molecular complexity index is 511. The Hall–Kier alpha value is -2.08. The summed E-state index contributed by atoms with van der Waals surface area (Å²) in [5, 5.41) is 17.5. The summed E-state index contributed by atoms with van der Waals surface area (Å²) in [6.45, 7) is 1.09. The van der Waals surface area contributed by atoms with Crippen LogP contribution < -0.4 is 10.4 Å².